The maximum atomic E-state index is 12.3. The number of hydrogen-bond acceptors (Lipinski definition) is 3. The van der Waals surface area contributed by atoms with Crippen LogP contribution in [-0.2, 0) is 0 Å². The average molecular weight is 262 g/mol. The Morgan fingerprint density at radius 3 is 2.37 bits per heavy atom. The van der Waals surface area contributed by atoms with Crippen LogP contribution in [0.3, 0.4) is 0 Å². The zero-order valence-electron chi connectivity index (χ0n) is 11.5. The second-order valence-corrected chi connectivity index (χ2v) is 4.94. The molecular formula is C15H22N2O2. The Labute approximate surface area is 114 Å². The zero-order chi connectivity index (χ0) is 13.7. The van der Waals surface area contributed by atoms with Crippen molar-refractivity contribution in [3.63, 3.8) is 0 Å². The Balaban J connectivity index is 1.91. The first-order valence-corrected chi connectivity index (χ1v) is 6.95. The standard InChI is InChI=1S/C15H22N2O2/c1-2-14(12-18)16-8-10-17(11-9-16)15(19)13-6-4-3-5-7-13/h3-7,14,18H,2,8-12H2,1H3. The molecule has 1 aliphatic rings. The van der Waals surface area contributed by atoms with Gasteiger partial charge >= 0.3 is 0 Å². The lowest BCUT2D eigenvalue weighted by Crippen LogP contribution is -2.52. The van der Waals surface area contributed by atoms with Crippen LogP contribution in [0.25, 0.3) is 0 Å². The van der Waals surface area contributed by atoms with Crippen LogP contribution < -0.4 is 0 Å². The topological polar surface area (TPSA) is 43.8 Å². The highest BCUT2D eigenvalue weighted by Gasteiger charge is 2.25. The van der Waals surface area contributed by atoms with Crippen molar-refractivity contribution in [2.24, 2.45) is 0 Å². The predicted octanol–water partition coefficient (Wildman–Crippen LogP) is 1.22. The third kappa shape index (κ3) is 3.33. The molecule has 104 valence electrons. The van der Waals surface area contributed by atoms with Gasteiger partial charge in [0, 0.05) is 37.8 Å². The molecule has 1 aliphatic heterocycles. The summed E-state index contributed by atoms with van der Waals surface area (Å²) in [6.07, 6.45) is 0.948. The highest BCUT2D eigenvalue weighted by molar-refractivity contribution is 5.94. The summed E-state index contributed by atoms with van der Waals surface area (Å²) in [7, 11) is 0. The normalized spacial score (nSPS) is 18.3. The van der Waals surface area contributed by atoms with Crippen molar-refractivity contribution < 1.29 is 9.90 Å². The van der Waals surface area contributed by atoms with Crippen molar-refractivity contribution in [3.8, 4) is 0 Å². The van der Waals surface area contributed by atoms with Gasteiger partial charge in [0.2, 0.25) is 0 Å². The second kappa shape index (κ2) is 6.68. The smallest absolute Gasteiger partial charge is 0.253 e. The van der Waals surface area contributed by atoms with Gasteiger partial charge in [0.05, 0.1) is 6.61 Å². The summed E-state index contributed by atoms with van der Waals surface area (Å²) >= 11 is 0. The fourth-order valence-corrected chi connectivity index (χ4v) is 2.56. The second-order valence-electron chi connectivity index (χ2n) is 4.94. The minimum absolute atomic E-state index is 0.109. The number of benzene rings is 1. The monoisotopic (exact) mass is 262 g/mol. The van der Waals surface area contributed by atoms with Crippen LogP contribution in [0.2, 0.25) is 0 Å². The van der Waals surface area contributed by atoms with Crippen molar-refractivity contribution in [1.29, 1.82) is 0 Å². The first-order valence-electron chi connectivity index (χ1n) is 6.95. The Morgan fingerprint density at radius 2 is 1.84 bits per heavy atom. The van der Waals surface area contributed by atoms with Crippen LogP contribution in [0, 0.1) is 0 Å². The SMILES string of the molecule is CCC(CO)N1CCN(C(=O)c2ccccc2)CC1. The number of aliphatic hydroxyl groups excluding tert-OH is 1. The van der Waals surface area contributed by atoms with Crippen LogP contribution in [0.4, 0.5) is 0 Å². The number of aliphatic hydroxyl groups is 1. The number of nitrogens with zero attached hydrogens (tertiary/aromatic N) is 2. The van der Waals surface area contributed by atoms with Gasteiger partial charge < -0.3 is 10.0 Å². The lowest BCUT2D eigenvalue weighted by molar-refractivity contribution is 0.0472. The Morgan fingerprint density at radius 1 is 1.21 bits per heavy atom. The van der Waals surface area contributed by atoms with Gasteiger partial charge in [0.15, 0.2) is 0 Å². The molecule has 1 heterocycles. The number of piperazine rings is 1. The molecule has 0 spiro atoms. The van der Waals surface area contributed by atoms with E-state index in [4.69, 9.17) is 0 Å². The molecule has 0 saturated carbocycles. The van der Waals surface area contributed by atoms with Crippen LogP contribution in [0.1, 0.15) is 23.7 Å². The van der Waals surface area contributed by atoms with Crippen LogP contribution >= 0.6 is 0 Å². The van der Waals surface area contributed by atoms with Gasteiger partial charge in [-0.25, -0.2) is 0 Å². The minimum atomic E-state index is 0.109. The van der Waals surface area contributed by atoms with E-state index in [9.17, 15) is 9.90 Å². The molecular weight excluding hydrogens is 240 g/mol. The van der Waals surface area contributed by atoms with Gasteiger partial charge in [-0.1, -0.05) is 25.1 Å². The van der Waals surface area contributed by atoms with Crippen LogP contribution in [0.5, 0.6) is 0 Å². The van der Waals surface area contributed by atoms with E-state index in [1.807, 2.05) is 35.2 Å². The van der Waals surface area contributed by atoms with Gasteiger partial charge in [0.25, 0.3) is 5.91 Å². The number of carbonyl (C=O) groups excluding carboxylic acids is 1. The van der Waals surface area contributed by atoms with E-state index >= 15 is 0 Å². The fourth-order valence-electron chi connectivity index (χ4n) is 2.56. The van der Waals surface area contributed by atoms with Crippen molar-refractivity contribution >= 4 is 5.91 Å². The summed E-state index contributed by atoms with van der Waals surface area (Å²) in [5.41, 5.74) is 0.755. The van der Waals surface area contributed by atoms with Crippen molar-refractivity contribution in [2.45, 2.75) is 19.4 Å². The zero-order valence-corrected chi connectivity index (χ0v) is 11.5. The van der Waals surface area contributed by atoms with E-state index in [0.717, 1.165) is 38.2 Å². The number of carbonyl (C=O) groups is 1. The van der Waals surface area contributed by atoms with Gasteiger partial charge in [-0.05, 0) is 18.6 Å². The van der Waals surface area contributed by atoms with E-state index < -0.39 is 0 Å². The summed E-state index contributed by atoms with van der Waals surface area (Å²) < 4.78 is 0. The van der Waals surface area contributed by atoms with Crippen LogP contribution in [-0.4, -0.2) is 59.6 Å². The van der Waals surface area contributed by atoms with Crippen LogP contribution in [0.15, 0.2) is 30.3 Å². The largest absolute Gasteiger partial charge is 0.395 e. The molecule has 4 nitrogen and oxygen atoms in total. The molecule has 1 fully saturated rings. The molecule has 0 aromatic heterocycles. The number of rotatable bonds is 4. The highest BCUT2D eigenvalue weighted by atomic mass is 16.3. The van der Waals surface area contributed by atoms with Gasteiger partial charge in [0.1, 0.15) is 0 Å². The number of amides is 1. The summed E-state index contributed by atoms with van der Waals surface area (Å²) in [5.74, 6) is 0.109. The molecule has 0 bridgehead atoms. The van der Waals surface area contributed by atoms with E-state index in [0.29, 0.717) is 0 Å². The van der Waals surface area contributed by atoms with Crippen molar-refractivity contribution in [1.82, 2.24) is 9.80 Å². The average Bonchev–Trinajstić information content (AvgIpc) is 2.49. The molecule has 1 aromatic rings. The third-order valence-corrected chi connectivity index (χ3v) is 3.82. The highest BCUT2D eigenvalue weighted by Crippen LogP contribution is 2.12. The van der Waals surface area contributed by atoms with Gasteiger partial charge in [-0.3, -0.25) is 9.69 Å². The molecule has 1 amide bonds. The Kier molecular flexibility index (Phi) is 4.93. The molecule has 0 aliphatic carbocycles. The summed E-state index contributed by atoms with van der Waals surface area (Å²) in [4.78, 5) is 16.4. The lowest BCUT2D eigenvalue weighted by atomic mass is 10.1. The molecule has 4 heteroatoms. The number of hydrogen-bond donors (Lipinski definition) is 1. The summed E-state index contributed by atoms with van der Waals surface area (Å²) in [5, 5.41) is 9.31. The summed E-state index contributed by atoms with van der Waals surface area (Å²) in [6, 6.07) is 9.65. The molecule has 1 N–H and O–H groups in total. The Bertz CT molecular complexity index is 396. The molecule has 1 aromatic carbocycles. The first kappa shape index (κ1) is 14.0. The van der Waals surface area contributed by atoms with Gasteiger partial charge in [-0.15, -0.1) is 0 Å². The first-order chi connectivity index (χ1) is 9.26. The maximum absolute atomic E-state index is 12.3. The molecule has 1 saturated heterocycles. The van der Waals surface area contributed by atoms with Crippen molar-refractivity contribution in [3.05, 3.63) is 35.9 Å². The fraction of sp³-hybridized carbons (Fsp3) is 0.533. The molecule has 0 radical (unpaired) electrons. The lowest BCUT2D eigenvalue weighted by Gasteiger charge is -2.38. The van der Waals surface area contributed by atoms with E-state index in [-0.39, 0.29) is 18.6 Å². The predicted molar refractivity (Wildman–Crippen MR) is 75.1 cm³/mol. The van der Waals surface area contributed by atoms with E-state index in [1.54, 1.807) is 0 Å². The quantitative estimate of drug-likeness (QED) is 0.887. The molecule has 1 atom stereocenters. The molecule has 2 rings (SSSR count). The van der Waals surface area contributed by atoms with Crippen molar-refractivity contribution in [2.75, 3.05) is 32.8 Å². The Hall–Kier alpha value is -1.39. The minimum Gasteiger partial charge on any atom is -0.395 e. The van der Waals surface area contributed by atoms with E-state index in [1.165, 1.54) is 0 Å². The molecule has 19 heavy (non-hydrogen) atoms. The molecule has 1 unspecified atom stereocenters. The maximum Gasteiger partial charge on any atom is 0.253 e. The van der Waals surface area contributed by atoms with Gasteiger partial charge in [-0.2, -0.15) is 0 Å². The summed E-state index contributed by atoms with van der Waals surface area (Å²) in [6.45, 7) is 5.45. The third-order valence-electron chi connectivity index (χ3n) is 3.82. The van der Waals surface area contributed by atoms with E-state index in [2.05, 4.69) is 11.8 Å².